The van der Waals surface area contributed by atoms with Crippen LogP contribution in [-0.2, 0) is 16.1 Å². The van der Waals surface area contributed by atoms with Gasteiger partial charge in [-0.15, -0.1) is 11.3 Å². The van der Waals surface area contributed by atoms with Gasteiger partial charge in [-0.1, -0.05) is 13.8 Å². The molecule has 0 aliphatic carbocycles. The van der Waals surface area contributed by atoms with Crippen molar-refractivity contribution in [3.8, 4) is 0 Å². The molecule has 1 aromatic heterocycles. The molecule has 1 N–H and O–H groups in total. The predicted molar refractivity (Wildman–Crippen MR) is 78.4 cm³/mol. The van der Waals surface area contributed by atoms with Crippen molar-refractivity contribution in [3.05, 3.63) is 15.6 Å². The fraction of sp³-hybridized carbons (Fsp3) is 0.643. The molecule has 20 heavy (non-hydrogen) atoms. The Kier molecular flexibility index (Phi) is 4.13. The van der Waals surface area contributed by atoms with Crippen LogP contribution < -0.4 is 5.32 Å². The van der Waals surface area contributed by atoms with Gasteiger partial charge in [-0.2, -0.15) is 0 Å². The molecule has 2 atom stereocenters. The normalized spacial score (nSPS) is 23.4. The molecule has 1 aliphatic heterocycles. The van der Waals surface area contributed by atoms with E-state index in [1.165, 1.54) is 0 Å². The van der Waals surface area contributed by atoms with E-state index in [-0.39, 0.29) is 17.7 Å². The highest BCUT2D eigenvalue weighted by molar-refractivity contribution is 7.11. The molecular weight excluding hydrogens is 274 g/mol. The van der Waals surface area contributed by atoms with Crippen LogP contribution in [0.1, 0.15) is 36.3 Å². The van der Waals surface area contributed by atoms with Crippen LogP contribution in [0.15, 0.2) is 0 Å². The number of amides is 2. The van der Waals surface area contributed by atoms with Gasteiger partial charge in [-0.25, -0.2) is 4.98 Å². The molecule has 2 amide bonds. The van der Waals surface area contributed by atoms with Gasteiger partial charge < -0.3 is 10.2 Å². The Hall–Kier alpha value is -1.43. The first-order valence-electron chi connectivity index (χ1n) is 6.85. The van der Waals surface area contributed by atoms with Crippen molar-refractivity contribution >= 4 is 23.2 Å². The van der Waals surface area contributed by atoms with Crippen molar-refractivity contribution in [1.29, 1.82) is 0 Å². The minimum atomic E-state index is -0.459. The smallest absolute Gasteiger partial charge is 0.245 e. The molecule has 1 aliphatic rings. The molecule has 0 aromatic carbocycles. The summed E-state index contributed by atoms with van der Waals surface area (Å²) in [5.41, 5.74) is 0.994. The van der Waals surface area contributed by atoms with Gasteiger partial charge in [0.1, 0.15) is 17.1 Å². The van der Waals surface area contributed by atoms with Crippen LogP contribution in [0, 0.1) is 19.8 Å². The molecule has 1 saturated heterocycles. The van der Waals surface area contributed by atoms with Gasteiger partial charge in [-0.3, -0.25) is 9.59 Å². The molecule has 6 heteroatoms. The van der Waals surface area contributed by atoms with Crippen molar-refractivity contribution in [2.24, 2.45) is 5.92 Å². The third kappa shape index (κ3) is 2.70. The first-order chi connectivity index (χ1) is 9.31. The third-order valence-electron chi connectivity index (χ3n) is 3.63. The van der Waals surface area contributed by atoms with Crippen LogP contribution in [0.5, 0.6) is 0 Å². The first-order valence-corrected chi connectivity index (χ1v) is 7.66. The first kappa shape index (κ1) is 15.0. The number of hydrogen-bond donors (Lipinski definition) is 1. The highest BCUT2D eigenvalue weighted by Gasteiger charge is 2.40. The Morgan fingerprint density at radius 1 is 1.35 bits per heavy atom. The fourth-order valence-electron chi connectivity index (χ4n) is 2.48. The summed E-state index contributed by atoms with van der Waals surface area (Å²) in [6.45, 7) is 10.0. The molecule has 5 nitrogen and oxygen atoms in total. The molecule has 2 unspecified atom stereocenters. The summed E-state index contributed by atoms with van der Waals surface area (Å²) >= 11 is 1.59. The van der Waals surface area contributed by atoms with Gasteiger partial charge in [0, 0.05) is 4.88 Å². The van der Waals surface area contributed by atoms with E-state index in [4.69, 9.17) is 0 Å². The van der Waals surface area contributed by atoms with E-state index in [1.807, 2.05) is 27.7 Å². The van der Waals surface area contributed by atoms with Gasteiger partial charge >= 0.3 is 0 Å². The fourth-order valence-corrected chi connectivity index (χ4v) is 3.41. The van der Waals surface area contributed by atoms with Crippen LogP contribution in [0.4, 0.5) is 0 Å². The number of aromatic nitrogens is 1. The van der Waals surface area contributed by atoms with Crippen LogP contribution in [0.2, 0.25) is 0 Å². The van der Waals surface area contributed by atoms with Crippen molar-refractivity contribution in [1.82, 2.24) is 15.2 Å². The number of carbonyl (C=O) groups excluding carboxylic acids is 2. The summed E-state index contributed by atoms with van der Waals surface area (Å²) in [6, 6.07) is -0.872. The lowest BCUT2D eigenvalue weighted by atomic mass is 9.97. The lowest BCUT2D eigenvalue weighted by molar-refractivity contribution is -0.151. The molecule has 1 fully saturated rings. The highest BCUT2D eigenvalue weighted by Crippen LogP contribution is 2.23. The Bertz CT molecular complexity index is 519. The molecule has 0 saturated carbocycles. The molecule has 0 spiro atoms. The Morgan fingerprint density at radius 2 is 2.00 bits per heavy atom. The van der Waals surface area contributed by atoms with E-state index in [0.29, 0.717) is 6.54 Å². The quantitative estimate of drug-likeness (QED) is 0.922. The standard InChI is InChI=1S/C14H21N3O2S/c1-7(2)12-13(18)16-9(4)14(19)17(12)6-11-15-8(3)10(5)20-11/h7,9,12H,6H2,1-5H3,(H,16,18). The minimum Gasteiger partial charge on any atom is -0.343 e. The van der Waals surface area contributed by atoms with Crippen molar-refractivity contribution in [2.45, 2.75) is 53.2 Å². The number of thiazole rings is 1. The topological polar surface area (TPSA) is 62.3 Å². The number of piperazine rings is 1. The lowest BCUT2D eigenvalue weighted by Gasteiger charge is -2.39. The van der Waals surface area contributed by atoms with E-state index in [2.05, 4.69) is 10.3 Å². The van der Waals surface area contributed by atoms with Gasteiger partial charge in [0.2, 0.25) is 11.8 Å². The average molecular weight is 295 g/mol. The molecule has 110 valence electrons. The van der Waals surface area contributed by atoms with Gasteiger partial charge in [0.05, 0.1) is 12.2 Å². The maximum atomic E-state index is 12.4. The van der Waals surface area contributed by atoms with E-state index < -0.39 is 12.1 Å². The molecular formula is C14H21N3O2S. The Labute approximate surface area is 123 Å². The van der Waals surface area contributed by atoms with E-state index in [9.17, 15) is 9.59 Å². The van der Waals surface area contributed by atoms with Gasteiger partial charge in [0.15, 0.2) is 0 Å². The number of aryl methyl sites for hydroxylation is 2. The largest absolute Gasteiger partial charge is 0.343 e. The molecule has 1 aromatic rings. The zero-order valence-electron chi connectivity index (χ0n) is 12.6. The van der Waals surface area contributed by atoms with Crippen LogP contribution in [-0.4, -0.2) is 33.8 Å². The van der Waals surface area contributed by atoms with Crippen molar-refractivity contribution < 1.29 is 9.59 Å². The Balaban J connectivity index is 2.28. The number of nitrogens with one attached hydrogen (secondary N) is 1. The van der Waals surface area contributed by atoms with Crippen LogP contribution in [0.3, 0.4) is 0 Å². The number of rotatable bonds is 3. The maximum Gasteiger partial charge on any atom is 0.245 e. The second-order valence-electron chi connectivity index (χ2n) is 5.63. The zero-order valence-corrected chi connectivity index (χ0v) is 13.4. The van der Waals surface area contributed by atoms with E-state index >= 15 is 0 Å². The summed E-state index contributed by atoms with van der Waals surface area (Å²) in [7, 11) is 0. The number of nitrogens with zero attached hydrogens (tertiary/aromatic N) is 2. The lowest BCUT2D eigenvalue weighted by Crippen LogP contribution is -2.63. The summed E-state index contributed by atoms with van der Waals surface area (Å²) in [6.07, 6.45) is 0. The number of carbonyl (C=O) groups is 2. The summed E-state index contributed by atoms with van der Waals surface area (Å²) in [5.74, 6) is -0.0282. The average Bonchev–Trinajstić information content (AvgIpc) is 2.64. The summed E-state index contributed by atoms with van der Waals surface area (Å²) in [5, 5.41) is 3.64. The molecule has 2 heterocycles. The maximum absolute atomic E-state index is 12.4. The van der Waals surface area contributed by atoms with Crippen molar-refractivity contribution in [3.63, 3.8) is 0 Å². The van der Waals surface area contributed by atoms with E-state index in [1.54, 1.807) is 23.2 Å². The number of hydrogen-bond acceptors (Lipinski definition) is 4. The highest BCUT2D eigenvalue weighted by atomic mass is 32.1. The van der Waals surface area contributed by atoms with Gasteiger partial charge in [0.25, 0.3) is 0 Å². The zero-order chi connectivity index (χ0) is 15.0. The van der Waals surface area contributed by atoms with Crippen LogP contribution >= 0.6 is 11.3 Å². The van der Waals surface area contributed by atoms with Crippen molar-refractivity contribution in [2.75, 3.05) is 0 Å². The molecule has 2 rings (SSSR count). The Morgan fingerprint density at radius 3 is 2.50 bits per heavy atom. The van der Waals surface area contributed by atoms with Gasteiger partial charge in [-0.05, 0) is 26.7 Å². The predicted octanol–water partition coefficient (Wildman–Crippen LogP) is 1.63. The third-order valence-corrected chi connectivity index (χ3v) is 4.68. The summed E-state index contributed by atoms with van der Waals surface area (Å²) < 4.78 is 0. The molecule has 0 radical (unpaired) electrons. The van der Waals surface area contributed by atoms with E-state index in [0.717, 1.165) is 15.6 Å². The molecule has 0 bridgehead atoms. The monoisotopic (exact) mass is 295 g/mol. The SMILES string of the molecule is Cc1nc(CN2C(=O)C(C)NC(=O)C2C(C)C)sc1C. The summed E-state index contributed by atoms with van der Waals surface area (Å²) in [4.78, 5) is 31.8. The second kappa shape index (κ2) is 5.52. The van der Waals surface area contributed by atoms with Crippen LogP contribution in [0.25, 0.3) is 0 Å². The second-order valence-corrected chi connectivity index (χ2v) is 6.92. The minimum absolute atomic E-state index is 0.0335.